The average Bonchev–Trinajstić information content (AvgIpc) is 2.32. The minimum absolute atomic E-state index is 0.573. The SMILES string of the molecule is C=CC/C=C\C1=C(C)NC(C)[C@@H]1C. The van der Waals surface area contributed by atoms with E-state index < -0.39 is 0 Å². The molecule has 1 rings (SSSR count). The van der Waals surface area contributed by atoms with Crippen LogP contribution in [0.2, 0.25) is 0 Å². The van der Waals surface area contributed by atoms with Crippen molar-refractivity contribution in [3.63, 3.8) is 0 Å². The molecule has 0 fully saturated rings. The van der Waals surface area contributed by atoms with Crippen molar-refractivity contribution in [2.24, 2.45) is 5.92 Å². The van der Waals surface area contributed by atoms with Crippen molar-refractivity contribution in [1.29, 1.82) is 0 Å². The molecular formula is C12H19N. The molecule has 1 heterocycles. The van der Waals surface area contributed by atoms with Gasteiger partial charge >= 0.3 is 0 Å². The summed E-state index contributed by atoms with van der Waals surface area (Å²) in [7, 11) is 0. The number of hydrogen-bond donors (Lipinski definition) is 1. The second kappa shape index (κ2) is 4.31. The Bertz CT molecular complexity index is 248. The van der Waals surface area contributed by atoms with Gasteiger partial charge in [-0.2, -0.15) is 0 Å². The molecule has 1 heteroatoms. The predicted octanol–water partition coefficient (Wildman–Crippen LogP) is 3.02. The Hall–Kier alpha value is -0.980. The van der Waals surface area contributed by atoms with Gasteiger partial charge in [0.25, 0.3) is 0 Å². The lowest BCUT2D eigenvalue weighted by Gasteiger charge is -2.10. The van der Waals surface area contributed by atoms with Gasteiger partial charge in [-0.05, 0) is 25.8 Å². The fraction of sp³-hybridized carbons (Fsp3) is 0.500. The number of rotatable bonds is 3. The maximum absolute atomic E-state index is 3.69. The molecule has 2 atom stereocenters. The summed E-state index contributed by atoms with van der Waals surface area (Å²) in [5, 5.41) is 3.45. The van der Waals surface area contributed by atoms with Crippen molar-refractivity contribution in [2.45, 2.75) is 33.2 Å². The van der Waals surface area contributed by atoms with E-state index in [0.717, 1.165) is 6.42 Å². The molecule has 1 N–H and O–H groups in total. The lowest BCUT2D eigenvalue weighted by molar-refractivity contribution is 0.540. The van der Waals surface area contributed by atoms with Crippen LogP contribution < -0.4 is 5.32 Å². The van der Waals surface area contributed by atoms with E-state index in [0.29, 0.717) is 12.0 Å². The largest absolute Gasteiger partial charge is 0.385 e. The summed E-state index contributed by atoms with van der Waals surface area (Å²) in [5.41, 5.74) is 2.76. The molecule has 0 amide bonds. The molecule has 0 radical (unpaired) electrons. The molecule has 0 aliphatic carbocycles. The second-order valence-electron chi connectivity index (χ2n) is 3.73. The van der Waals surface area contributed by atoms with Crippen LogP contribution in [-0.4, -0.2) is 6.04 Å². The maximum atomic E-state index is 3.69. The van der Waals surface area contributed by atoms with Crippen molar-refractivity contribution < 1.29 is 0 Å². The second-order valence-corrected chi connectivity index (χ2v) is 3.73. The molecule has 0 aromatic heterocycles. The third kappa shape index (κ3) is 2.24. The van der Waals surface area contributed by atoms with Gasteiger partial charge in [0.1, 0.15) is 0 Å². The Labute approximate surface area is 81.2 Å². The molecule has 1 aliphatic heterocycles. The molecule has 1 nitrogen and oxygen atoms in total. The summed E-state index contributed by atoms with van der Waals surface area (Å²) in [6.07, 6.45) is 7.26. The van der Waals surface area contributed by atoms with Crippen molar-refractivity contribution >= 4 is 0 Å². The highest BCUT2D eigenvalue weighted by Crippen LogP contribution is 2.26. The molecule has 72 valence electrons. The van der Waals surface area contributed by atoms with Gasteiger partial charge in [0, 0.05) is 17.7 Å². The summed E-state index contributed by atoms with van der Waals surface area (Å²) in [4.78, 5) is 0. The van der Waals surface area contributed by atoms with Crippen LogP contribution in [-0.2, 0) is 0 Å². The Balaban J connectivity index is 2.67. The normalized spacial score (nSPS) is 28.2. The molecule has 0 spiro atoms. The molecule has 13 heavy (non-hydrogen) atoms. The Morgan fingerprint density at radius 2 is 2.15 bits per heavy atom. The van der Waals surface area contributed by atoms with Gasteiger partial charge in [0.2, 0.25) is 0 Å². The zero-order chi connectivity index (χ0) is 9.84. The zero-order valence-corrected chi connectivity index (χ0v) is 8.80. The van der Waals surface area contributed by atoms with Gasteiger partial charge in [-0.3, -0.25) is 0 Å². The van der Waals surface area contributed by atoms with Crippen LogP contribution in [0.15, 0.2) is 36.1 Å². The summed E-state index contributed by atoms with van der Waals surface area (Å²) in [5.74, 6) is 0.626. The fourth-order valence-corrected chi connectivity index (χ4v) is 1.73. The molecule has 0 saturated heterocycles. The standard InChI is InChI=1S/C12H19N/c1-5-6-7-8-12-9(2)10(3)13-11(12)4/h5,7-10,13H,1,6H2,2-4H3/b8-7-/t9-,10?/m0/s1. The Kier molecular flexibility index (Phi) is 3.35. The number of allylic oxidation sites excluding steroid dienone is 4. The van der Waals surface area contributed by atoms with Crippen molar-refractivity contribution in [2.75, 3.05) is 0 Å². The minimum atomic E-state index is 0.573. The van der Waals surface area contributed by atoms with Crippen LogP contribution >= 0.6 is 0 Å². The van der Waals surface area contributed by atoms with E-state index in [4.69, 9.17) is 0 Å². The highest BCUT2D eigenvalue weighted by molar-refractivity contribution is 5.32. The third-order valence-corrected chi connectivity index (χ3v) is 2.72. The fourth-order valence-electron chi connectivity index (χ4n) is 1.73. The van der Waals surface area contributed by atoms with Gasteiger partial charge in [-0.25, -0.2) is 0 Å². The first kappa shape index (κ1) is 10.1. The van der Waals surface area contributed by atoms with E-state index >= 15 is 0 Å². The summed E-state index contributed by atoms with van der Waals surface area (Å²) in [6.45, 7) is 10.3. The predicted molar refractivity (Wildman–Crippen MR) is 58.4 cm³/mol. The summed E-state index contributed by atoms with van der Waals surface area (Å²) < 4.78 is 0. The molecule has 1 aliphatic rings. The van der Waals surface area contributed by atoms with Crippen LogP contribution in [0.25, 0.3) is 0 Å². The molecular weight excluding hydrogens is 158 g/mol. The van der Waals surface area contributed by atoms with Crippen LogP contribution in [0.1, 0.15) is 27.2 Å². The van der Waals surface area contributed by atoms with Crippen molar-refractivity contribution in [1.82, 2.24) is 5.32 Å². The summed E-state index contributed by atoms with van der Waals surface area (Å²) in [6, 6.07) is 0.573. The molecule has 1 unspecified atom stereocenters. The smallest absolute Gasteiger partial charge is 0.0296 e. The highest BCUT2D eigenvalue weighted by atomic mass is 15.0. The van der Waals surface area contributed by atoms with Crippen LogP contribution in [0.3, 0.4) is 0 Å². The van der Waals surface area contributed by atoms with E-state index in [1.54, 1.807) is 0 Å². The van der Waals surface area contributed by atoms with Gasteiger partial charge < -0.3 is 5.32 Å². The van der Waals surface area contributed by atoms with E-state index in [1.165, 1.54) is 11.3 Å². The lowest BCUT2D eigenvalue weighted by atomic mass is 9.97. The molecule has 0 saturated carbocycles. The van der Waals surface area contributed by atoms with E-state index in [-0.39, 0.29) is 0 Å². The lowest BCUT2D eigenvalue weighted by Crippen LogP contribution is -2.22. The van der Waals surface area contributed by atoms with Gasteiger partial charge in [-0.15, -0.1) is 6.58 Å². The molecule has 0 bridgehead atoms. The minimum Gasteiger partial charge on any atom is -0.385 e. The number of hydrogen-bond acceptors (Lipinski definition) is 1. The van der Waals surface area contributed by atoms with E-state index in [9.17, 15) is 0 Å². The monoisotopic (exact) mass is 177 g/mol. The molecule has 0 aromatic carbocycles. The van der Waals surface area contributed by atoms with Crippen LogP contribution in [0.4, 0.5) is 0 Å². The average molecular weight is 177 g/mol. The van der Waals surface area contributed by atoms with Crippen LogP contribution in [0.5, 0.6) is 0 Å². The Morgan fingerprint density at radius 1 is 1.46 bits per heavy atom. The maximum Gasteiger partial charge on any atom is 0.0296 e. The van der Waals surface area contributed by atoms with Crippen LogP contribution in [0, 0.1) is 5.92 Å². The zero-order valence-electron chi connectivity index (χ0n) is 8.80. The third-order valence-electron chi connectivity index (χ3n) is 2.72. The molecule has 0 aromatic rings. The van der Waals surface area contributed by atoms with Crippen molar-refractivity contribution in [3.8, 4) is 0 Å². The Morgan fingerprint density at radius 3 is 2.62 bits per heavy atom. The first-order valence-electron chi connectivity index (χ1n) is 4.91. The first-order valence-corrected chi connectivity index (χ1v) is 4.91. The quantitative estimate of drug-likeness (QED) is 0.653. The van der Waals surface area contributed by atoms with Crippen molar-refractivity contribution in [3.05, 3.63) is 36.1 Å². The van der Waals surface area contributed by atoms with Gasteiger partial charge in [0.05, 0.1) is 0 Å². The van der Waals surface area contributed by atoms with Gasteiger partial charge in [-0.1, -0.05) is 25.2 Å². The highest BCUT2D eigenvalue weighted by Gasteiger charge is 2.23. The van der Waals surface area contributed by atoms with E-state index in [2.05, 4.69) is 44.8 Å². The summed E-state index contributed by atoms with van der Waals surface area (Å²) >= 11 is 0. The first-order chi connectivity index (χ1) is 6.16. The van der Waals surface area contributed by atoms with Gasteiger partial charge in [0.15, 0.2) is 0 Å². The topological polar surface area (TPSA) is 12.0 Å². The van der Waals surface area contributed by atoms with E-state index in [1.807, 2.05) is 6.08 Å². The number of nitrogens with one attached hydrogen (secondary N) is 1.